The zero-order chi connectivity index (χ0) is 19.6. The molecule has 0 bridgehead atoms. The van der Waals surface area contributed by atoms with Crippen LogP contribution in [0.1, 0.15) is 102 Å². The van der Waals surface area contributed by atoms with Crippen molar-refractivity contribution in [1.29, 1.82) is 0 Å². The van der Waals surface area contributed by atoms with Gasteiger partial charge in [-0.3, -0.25) is 4.57 Å². The van der Waals surface area contributed by atoms with Gasteiger partial charge < -0.3 is 4.52 Å². The molecule has 4 nitrogen and oxygen atoms in total. The molecule has 0 aliphatic heterocycles. The van der Waals surface area contributed by atoms with E-state index in [0.29, 0.717) is 0 Å². The van der Waals surface area contributed by atoms with Crippen molar-refractivity contribution in [1.82, 2.24) is 0 Å². The third-order valence-electron chi connectivity index (χ3n) is 5.04. The summed E-state index contributed by atoms with van der Waals surface area (Å²) >= 11 is 0. The van der Waals surface area contributed by atoms with Gasteiger partial charge in [0.25, 0.3) is 0 Å². The standard InChI is InChI=1S/C22H40NO3P/c1-2-3-4-5-6-7-8-9-10-11-12-13-14-15-21-16-18-22(19-17-21)20-25-27(24)26-23/h16-19,27H,2-15,20,23H2,1H3. The van der Waals surface area contributed by atoms with Crippen LogP contribution in [-0.2, 0) is 26.7 Å². The first-order valence-electron chi connectivity index (χ1n) is 10.9. The summed E-state index contributed by atoms with van der Waals surface area (Å²) in [4.78, 5) is 0. The lowest BCUT2D eigenvalue weighted by molar-refractivity contribution is 0.223. The molecule has 0 saturated heterocycles. The lowest BCUT2D eigenvalue weighted by Crippen LogP contribution is -1.93. The van der Waals surface area contributed by atoms with Crippen molar-refractivity contribution in [2.24, 2.45) is 5.90 Å². The molecule has 5 heteroatoms. The van der Waals surface area contributed by atoms with E-state index in [2.05, 4.69) is 23.7 Å². The summed E-state index contributed by atoms with van der Waals surface area (Å²) in [6, 6.07) is 8.28. The Bertz CT molecular complexity index is 479. The van der Waals surface area contributed by atoms with Crippen LogP contribution in [0.15, 0.2) is 24.3 Å². The van der Waals surface area contributed by atoms with Crippen LogP contribution in [0.5, 0.6) is 0 Å². The molecule has 156 valence electrons. The van der Waals surface area contributed by atoms with Gasteiger partial charge in [0.05, 0.1) is 6.61 Å². The highest BCUT2D eigenvalue weighted by Crippen LogP contribution is 2.22. The van der Waals surface area contributed by atoms with Crippen molar-refractivity contribution in [3.05, 3.63) is 35.4 Å². The maximum Gasteiger partial charge on any atom is 0.335 e. The van der Waals surface area contributed by atoms with E-state index in [1.165, 1.54) is 89.0 Å². The third kappa shape index (κ3) is 14.0. The molecule has 1 rings (SSSR count). The fourth-order valence-corrected chi connectivity index (χ4v) is 3.68. The minimum Gasteiger partial charge on any atom is -0.305 e. The first kappa shape index (κ1) is 24.4. The summed E-state index contributed by atoms with van der Waals surface area (Å²) in [5.74, 6) is 4.81. The second-order valence-corrected chi connectivity index (χ2v) is 8.49. The van der Waals surface area contributed by atoms with Crippen LogP contribution in [0, 0.1) is 0 Å². The summed E-state index contributed by atoms with van der Waals surface area (Å²) in [5.41, 5.74) is 2.34. The molecule has 0 spiro atoms. The number of rotatable bonds is 18. The molecule has 0 saturated carbocycles. The van der Waals surface area contributed by atoms with Crippen molar-refractivity contribution in [2.45, 2.75) is 103 Å². The van der Waals surface area contributed by atoms with E-state index >= 15 is 0 Å². The molecule has 0 fully saturated rings. The number of benzene rings is 1. The predicted octanol–water partition coefficient (Wildman–Crippen LogP) is 7.12. The summed E-state index contributed by atoms with van der Waals surface area (Å²) < 4.78 is 20.2. The van der Waals surface area contributed by atoms with E-state index in [4.69, 9.17) is 10.4 Å². The van der Waals surface area contributed by atoms with Gasteiger partial charge in [0, 0.05) is 0 Å². The molecule has 0 heterocycles. The highest BCUT2D eigenvalue weighted by molar-refractivity contribution is 7.33. The summed E-state index contributed by atoms with van der Waals surface area (Å²) in [6.07, 6.45) is 19.2. The van der Waals surface area contributed by atoms with Crippen molar-refractivity contribution < 1.29 is 13.7 Å². The Kier molecular flexibility index (Phi) is 15.7. The van der Waals surface area contributed by atoms with E-state index < -0.39 is 8.25 Å². The van der Waals surface area contributed by atoms with Gasteiger partial charge >= 0.3 is 8.25 Å². The Balaban J connectivity index is 1.92. The molecule has 1 aromatic carbocycles. The smallest absolute Gasteiger partial charge is 0.305 e. The maximum absolute atomic E-state index is 11.0. The number of nitrogens with two attached hydrogens (primary N) is 1. The lowest BCUT2D eigenvalue weighted by atomic mass is 10.0. The van der Waals surface area contributed by atoms with Gasteiger partial charge in [0.15, 0.2) is 0 Å². The van der Waals surface area contributed by atoms with Crippen LogP contribution in [0.25, 0.3) is 0 Å². The highest BCUT2D eigenvalue weighted by Gasteiger charge is 2.00. The van der Waals surface area contributed by atoms with Crippen molar-refractivity contribution in [3.8, 4) is 0 Å². The van der Waals surface area contributed by atoms with E-state index in [9.17, 15) is 4.57 Å². The van der Waals surface area contributed by atoms with Gasteiger partial charge in [-0.25, -0.2) is 10.5 Å². The van der Waals surface area contributed by atoms with Gasteiger partial charge in [0.2, 0.25) is 0 Å². The van der Waals surface area contributed by atoms with E-state index in [1.54, 1.807) is 0 Å². The molecule has 0 aromatic heterocycles. The predicted molar refractivity (Wildman–Crippen MR) is 115 cm³/mol. The zero-order valence-corrected chi connectivity index (χ0v) is 18.2. The van der Waals surface area contributed by atoms with E-state index in [1.807, 2.05) is 12.1 Å². The third-order valence-corrected chi connectivity index (χ3v) is 5.62. The first-order chi connectivity index (χ1) is 13.3. The van der Waals surface area contributed by atoms with Crippen LogP contribution in [-0.4, -0.2) is 0 Å². The minimum absolute atomic E-state index is 0.272. The number of hydrogen-bond acceptors (Lipinski definition) is 4. The molecule has 0 amide bonds. The highest BCUT2D eigenvalue weighted by atomic mass is 31.1. The van der Waals surface area contributed by atoms with Gasteiger partial charge in [-0.2, -0.15) is 0 Å². The van der Waals surface area contributed by atoms with Gasteiger partial charge in [-0.05, 0) is 24.0 Å². The molecule has 0 aliphatic carbocycles. The molecule has 1 unspecified atom stereocenters. The molecule has 0 radical (unpaired) electrons. The molecule has 27 heavy (non-hydrogen) atoms. The summed E-state index contributed by atoms with van der Waals surface area (Å²) in [7, 11) is -2.54. The Hall–Kier alpha value is -0.670. The maximum atomic E-state index is 11.0. The summed E-state index contributed by atoms with van der Waals surface area (Å²) in [5, 5.41) is 0. The Labute approximate surface area is 167 Å². The Morgan fingerprint density at radius 2 is 1.19 bits per heavy atom. The van der Waals surface area contributed by atoms with Gasteiger partial charge in [-0.1, -0.05) is 108 Å². The van der Waals surface area contributed by atoms with Crippen LogP contribution in [0.3, 0.4) is 0 Å². The zero-order valence-electron chi connectivity index (χ0n) is 17.2. The monoisotopic (exact) mass is 397 g/mol. The fraction of sp³-hybridized carbons (Fsp3) is 0.727. The molecule has 2 N–H and O–H groups in total. The normalized spacial score (nSPS) is 12.4. The van der Waals surface area contributed by atoms with Crippen LogP contribution in [0.2, 0.25) is 0 Å². The minimum atomic E-state index is -2.54. The second kappa shape index (κ2) is 17.4. The summed E-state index contributed by atoms with van der Waals surface area (Å²) in [6.45, 7) is 2.55. The van der Waals surface area contributed by atoms with Crippen LogP contribution >= 0.6 is 8.25 Å². The van der Waals surface area contributed by atoms with Crippen molar-refractivity contribution in [2.75, 3.05) is 0 Å². The fourth-order valence-electron chi connectivity index (χ4n) is 3.33. The molecule has 0 aliphatic rings. The average Bonchev–Trinajstić information content (AvgIpc) is 2.70. The average molecular weight is 398 g/mol. The van der Waals surface area contributed by atoms with E-state index in [0.717, 1.165) is 12.0 Å². The topological polar surface area (TPSA) is 61.5 Å². The SMILES string of the molecule is CCCCCCCCCCCCCCCc1ccc(CO[PH](=O)ON)cc1. The van der Waals surface area contributed by atoms with Gasteiger partial charge in [0.1, 0.15) is 0 Å². The largest absolute Gasteiger partial charge is 0.335 e. The molecular formula is C22H40NO3P. The van der Waals surface area contributed by atoms with Crippen molar-refractivity contribution >= 4 is 8.25 Å². The quantitative estimate of drug-likeness (QED) is 0.163. The molecular weight excluding hydrogens is 357 g/mol. The number of aryl methyl sites for hydroxylation is 1. The first-order valence-corrected chi connectivity index (χ1v) is 12.1. The van der Waals surface area contributed by atoms with Gasteiger partial charge in [-0.15, -0.1) is 0 Å². The number of hydrogen-bond donors (Lipinski definition) is 1. The van der Waals surface area contributed by atoms with Crippen LogP contribution < -0.4 is 5.90 Å². The Morgan fingerprint density at radius 1 is 0.741 bits per heavy atom. The lowest BCUT2D eigenvalue weighted by Gasteiger charge is -2.05. The number of unbranched alkanes of at least 4 members (excludes halogenated alkanes) is 12. The van der Waals surface area contributed by atoms with Crippen molar-refractivity contribution in [3.63, 3.8) is 0 Å². The van der Waals surface area contributed by atoms with E-state index in [-0.39, 0.29) is 6.61 Å². The van der Waals surface area contributed by atoms with Crippen LogP contribution in [0.4, 0.5) is 0 Å². The molecule has 1 aromatic rings. The second-order valence-electron chi connectivity index (χ2n) is 7.47. The Morgan fingerprint density at radius 3 is 1.67 bits per heavy atom. The molecule has 1 atom stereocenters.